The highest BCUT2D eigenvalue weighted by molar-refractivity contribution is 5.84. The maximum absolute atomic E-state index is 9.16. The van der Waals surface area contributed by atoms with Gasteiger partial charge in [0.2, 0.25) is 0 Å². The van der Waals surface area contributed by atoms with Crippen molar-refractivity contribution in [2.75, 3.05) is 0 Å². The monoisotopic (exact) mass is 614 g/mol. The maximum Gasteiger partial charge on any atom is 0.164 e. The number of hydrogen-bond acceptors (Lipinski definition) is 4. The average molecular weight is 615 g/mol. The fourth-order valence-electron chi connectivity index (χ4n) is 6.41. The van der Waals surface area contributed by atoms with Gasteiger partial charge < -0.3 is 0 Å². The lowest BCUT2D eigenvalue weighted by atomic mass is 9.79. The van der Waals surface area contributed by atoms with Crippen molar-refractivity contribution in [3.63, 3.8) is 0 Å². The van der Waals surface area contributed by atoms with Crippen LogP contribution >= 0.6 is 0 Å². The highest BCUT2D eigenvalue weighted by atomic mass is 15.0. The van der Waals surface area contributed by atoms with E-state index < -0.39 is 0 Å². The van der Waals surface area contributed by atoms with Crippen LogP contribution in [0.4, 0.5) is 0 Å². The summed E-state index contributed by atoms with van der Waals surface area (Å²) in [5, 5.41) is 9.16. The van der Waals surface area contributed by atoms with E-state index in [1.165, 1.54) is 27.8 Å². The maximum atomic E-state index is 9.16. The third kappa shape index (κ3) is 5.82. The van der Waals surface area contributed by atoms with Crippen molar-refractivity contribution in [3.05, 3.63) is 192 Å². The summed E-state index contributed by atoms with van der Waals surface area (Å²) in [6.45, 7) is 0. The number of allylic oxidation sites excluding steroid dienone is 1. The fraction of sp³-hybridized carbons (Fsp3) is 0.0455. The van der Waals surface area contributed by atoms with Gasteiger partial charge in [0.15, 0.2) is 17.5 Å². The summed E-state index contributed by atoms with van der Waals surface area (Å²) in [5.41, 5.74) is 12.1. The quantitative estimate of drug-likeness (QED) is 0.187. The lowest BCUT2D eigenvalue weighted by molar-refractivity contribution is 0.822. The third-order valence-electron chi connectivity index (χ3n) is 8.95. The van der Waals surface area contributed by atoms with Crippen LogP contribution in [0.25, 0.3) is 50.9 Å². The zero-order chi connectivity index (χ0) is 32.3. The molecule has 0 bridgehead atoms. The molecule has 1 aromatic heterocycles. The minimum absolute atomic E-state index is 0.222. The number of nitrogens with zero attached hydrogens (tertiary/aromatic N) is 4. The summed E-state index contributed by atoms with van der Waals surface area (Å²) in [6.07, 6.45) is 3.35. The molecule has 0 radical (unpaired) electrons. The van der Waals surface area contributed by atoms with E-state index in [1.54, 1.807) is 0 Å². The molecule has 0 fully saturated rings. The van der Waals surface area contributed by atoms with Gasteiger partial charge in [-0.25, -0.2) is 15.0 Å². The Morgan fingerprint density at radius 2 is 0.917 bits per heavy atom. The molecule has 4 nitrogen and oxygen atoms in total. The fourth-order valence-corrected chi connectivity index (χ4v) is 6.41. The first-order valence-electron chi connectivity index (χ1n) is 16.1. The average Bonchev–Trinajstić information content (AvgIpc) is 3.18. The van der Waals surface area contributed by atoms with E-state index in [1.807, 2.05) is 84.9 Å². The van der Waals surface area contributed by atoms with Crippen LogP contribution in [0, 0.1) is 11.3 Å². The molecule has 1 aliphatic carbocycles. The molecule has 0 saturated carbocycles. The van der Waals surface area contributed by atoms with Crippen molar-refractivity contribution in [1.82, 2.24) is 15.0 Å². The Balaban J connectivity index is 1.13. The molecule has 1 unspecified atom stereocenters. The van der Waals surface area contributed by atoms with Gasteiger partial charge in [-0.05, 0) is 57.5 Å². The van der Waals surface area contributed by atoms with Crippen molar-refractivity contribution in [2.45, 2.75) is 12.3 Å². The third-order valence-corrected chi connectivity index (χ3v) is 8.95. The van der Waals surface area contributed by atoms with Crippen LogP contribution in [-0.2, 0) is 6.42 Å². The molecule has 0 amide bonds. The zero-order valence-electron chi connectivity index (χ0n) is 26.2. The molecular weight excluding hydrogens is 585 g/mol. The molecule has 0 aliphatic heterocycles. The van der Waals surface area contributed by atoms with Crippen molar-refractivity contribution >= 4 is 5.57 Å². The molecule has 1 atom stereocenters. The number of fused-ring (bicyclic) bond motifs is 1. The van der Waals surface area contributed by atoms with Crippen molar-refractivity contribution < 1.29 is 0 Å². The van der Waals surface area contributed by atoms with E-state index in [2.05, 4.69) is 84.9 Å². The lowest BCUT2D eigenvalue weighted by Crippen LogP contribution is -2.10. The van der Waals surface area contributed by atoms with Crippen molar-refractivity contribution in [2.24, 2.45) is 0 Å². The molecule has 0 N–H and O–H groups in total. The first-order chi connectivity index (χ1) is 23.7. The van der Waals surface area contributed by atoms with E-state index in [4.69, 9.17) is 20.2 Å². The molecule has 48 heavy (non-hydrogen) atoms. The van der Waals surface area contributed by atoms with Gasteiger partial charge in [-0.3, -0.25) is 0 Å². The highest BCUT2D eigenvalue weighted by Crippen LogP contribution is 2.39. The highest BCUT2D eigenvalue weighted by Gasteiger charge is 2.22. The van der Waals surface area contributed by atoms with Gasteiger partial charge in [0.1, 0.15) is 0 Å². The van der Waals surface area contributed by atoms with E-state index in [-0.39, 0.29) is 5.92 Å². The molecule has 6 aromatic carbocycles. The molecule has 1 heterocycles. The first-order valence-corrected chi connectivity index (χ1v) is 16.1. The SMILES string of the molecule is N#Cc1ccc(-c2ccc(C3=CC(c4ccc(-c5nc(-c6ccccc6)nc(-c6ccccc6)n5)cc4)Cc4ccccc43)cc2)cc1. The van der Waals surface area contributed by atoms with Gasteiger partial charge in [-0.2, -0.15) is 5.26 Å². The molecule has 0 saturated heterocycles. The van der Waals surface area contributed by atoms with Gasteiger partial charge in [0.05, 0.1) is 11.6 Å². The summed E-state index contributed by atoms with van der Waals surface area (Å²) >= 11 is 0. The van der Waals surface area contributed by atoms with Gasteiger partial charge >= 0.3 is 0 Å². The second-order valence-electron chi connectivity index (χ2n) is 12.0. The van der Waals surface area contributed by atoms with E-state index in [0.717, 1.165) is 34.2 Å². The van der Waals surface area contributed by atoms with Crippen LogP contribution in [0.2, 0.25) is 0 Å². The largest absolute Gasteiger partial charge is 0.208 e. The Labute approximate surface area is 280 Å². The predicted octanol–water partition coefficient (Wildman–Crippen LogP) is 10.2. The Kier molecular flexibility index (Phi) is 7.70. The Morgan fingerprint density at radius 3 is 1.48 bits per heavy atom. The van der Waals surface area contributed by atoms with E-state index in [9.17, 15) is 0 Å². The number of aromatic nitrogens is 3. The van der Waals surface area contributed by atoms with Crippen molar-refractivity contribution in [3.8, 4) is 51.4 Å². The Morgan fingerprint density at radius 1 is 0.458 bits per heavy atom. The van der Waals surface area contributed by atoms with Crippen LogP contribution < -0.4 is 0 Å². The standard InChI is InChI=1S/C44H30N4/c45-29-30-15-17-31(18-16-30)32-19-23-34(24-20-32)41-28-39(27-38-13-7-8-14-40(38)41)33-21-25-37(26-22-33)44-47-42(35-9-3-1-4-10-35)46-43(48-44)36-11-5-2-6-12-36/h1-26,28,39H,27H2. The number of rotatable bonds is 6. The second kappa shape index (κ2) is 12.7. The first kappa shape index (κ1) is 29.0. The summed E-state index contributed by atoms with van der Waals surface area (Å²) < 4.78 is 0. The molecule has 0 spiro atoms. The van der Waals surface area contributed by atoms with Gasteiger partial charge in [0.25, 0.3) is 0 Å². The number of nitriles is 1. The van der Waals surface area contributed by atoms with Crippen LogP contribution in [0.3, 0.4) is 0 Å². The molecule has 4 heteroatoms. The van der Waals surface area contributed by atoms with Crippen LogP contribution in [0.15, 0.2) is 164 Å². The van der Waals surface area contributed by atoms with Gasteiger partial charge in [-0.1, -0.05) is 152 Å². The predicted molar refractivity (Wildman–Crippen MR) is 193 cm³/mol. The Bertz CT molecular complexity index is 2230. The number of benzene rings is 6. The number of hydrogen-bond donors (Lipinski definition) is 0. The lowest BCUT2D eigenvalue weighted by Gasteiger charge is -2.25. The molecule has 7 aromatic rings. The van der Waals surface area contributed by atoms with Crippen LogP contribution in [0.5, 0.6) is 0 Å². The summed E-state index contributed by atoms with van der Waals surface area (Å²) in [4.78, 5) is 14.7. The molecule has 226 valence electrons. The Hall–Kier alpha value is -6.44. The summed E-state index contributed by atoms with van der Waals surface area (Å²) in [5.74, 6) is 2.19. The van der Waals surface area contributed by atoms with Crippen LogP contribution in [0.1, 0.15) is 33.7 Å². The second-order valence-corrected chi connectivity index (χ2v) is 12.0. The normalized spacial score (nSPS) is 13.6. The van der Waals surface area contributed by atoms with Crippen molar-refractivity contribution in [1.29, 1.82) is 5.26 Å². The minimum atomic E-state index is 0.222. The molecular formula is C44H30N4. The topological polar surface area (TPSA) is 62.5 Å². The zero-order valence-corrected chi connectivity index (χ0v) is 26.2. The minimum Gasteiger partial charge on any atom is -0.208 e. The van der Waals surface area contributed by atoms with E-state index in [0.29, 0.717) is 23.0 Å². The molecule has 8 rings (SSSR count). The summed E-state index contributed by atoms with van der Waals surface area (Å²) in [6, 6.07) is 56.2. The smallest absolute Gasteiger partial charge is 0.164 e. The molecule has 1 aliphatic rings. The van der Waals surface area contributed by atoms with E-state index >= 15 is 0 Å². The van der Waals surface area contributed by atoms with Crippen LogP contribution in [-0.4, -0.2) is 15.0 Å². The van der Waals surface area contributed by atoms with Gasteiger partial charge in [0, 0.05) is 22.6 Å². The summed E-state index contributed by atoms with van der Waals surface area (Å²) in [7, 11) is 0. The van der Waals surface area contributed by atoms with Gasteiger partial charge in [-0.15, -0.1) is 0 Å².